The van der Waals surface area contributed by atoms with E-state index in [1.54, 1.807) is 23.5 Å². The van der Waals surface area contributed by atoms with Gasteiger partial charge in [0, 0.05) is 24.0 Å². The number of thiophene rings is 1. The van der Waals surface area contributed by atoms with E-state index in [1.165, 1.54) is 12.1 Å². The van der Waals surface area contributed by atoms with Gasteiger partial charge in [-0.05, 0) is 42.6 Å². The Morgan fingerprint density at radius 1 is 1.21 bits per heavy atom. The number of halogens is 2. The molecule has 126 valence electrons. The number of benzene rings is 1. The van der Waals surface area contributed by atoms with Gasteiger partial charge in [0.1, 0.15) is 16.5 Å². The molecular weight excluding hydrogens is 345 g/mol. The van der Waals surface area contributed by atoms with E-state index in [9.17, 15) is 4.39 Å². The molecule has 0 radical (unpaired) electrons. The molecular formula is C18H19ClFN3S. The highest BCUT2D eigenvalue weighted by atomic mass is 35.5. The van der Waals surface area contributed by atoms with Crippen LogP contribution in [0.3, 0.4) is 0 Å². The van der Waals surface area contributed by atoms with E-state index in [4.69, 9.17) is 11.6 Å². The van der Waals surface area contributed by atoms with Gasteiger partial charge in [0.05, 0.1) is 5.39 Å². The van der Waals surface area contributed by atoms with Gasteiger partial charge in [0.25, 0.3) is 0 Å². The first-order chi connectivity index (χ1) is 11.5. The molecule has 0 spiro atoms. The Morgan fingerprint density at radius 3 is 2.58 bits per heavy atom. The largest absolute Gasteiger partial charge is 0.359 e. The maximum atomic E-state index is 13.3. The number of nitrogens with zero attached hydrogens (tertiary/aromatic N) is 3. The fourth-order valence-corrected chi connectivity index (χ4v) is 4.06. The summed E-state index contributed by atoms with van der Waals surface area (Å²) in [6, 6.07) is 6.56. The number of fused-ring (bicyclic) bond motifs is 1. The third kappa shape index (κ3) is 3.23. The molecule has 24 heavy (non-hydrogen) atoms. The zero-order valence-corrected chi connectivity index (χ0v) is 15.5. The highest BCUT2D eigenvalue weighted by molar-refractivity contribution is 7.19. The minimum atomic E-state index is -0.240. The molecule has 0 N–H and O–H groups in total. The van der Waals surface area contributed by atoms with Crippen LogP contribution in [0.2, 0.25) is 5.28 Å². The molecule has 3 rings (SSSR count). The molecule has 0 bridgehead atoms. The summed E-state index contributed by atoms with van der Waals surface area (Å²) in [5, 5.41) is 1.25. The van der Waals surface area contributed by atoms with Gasteiger partial charge in [-0.3, -0.25) is 0 Å². The average molecular weight is 364 g/mol. The van der Waals surface area contributed by atoms with Gasteiger partial charge in [-0.2, -0.15) is 4.98 Å². The SMILES string of the molecule is CCCCN(C)c1nc(Cl)nc2sc(C)c(-c3ccc(F)cc3)c12. The van der Waals surface area contributed by atoms with Crippen LogP contribution in [-0.2, 0) is 0 Å². The van der Waals surface area contributed by atoms with E-state index in [0.717, 1.165) is 51.4 Å². The van der Waals surface area contributed by atoms with Crippen molar-refractivity contribution < 1.29 is 4.39 Å². The summed E-state index contributed by atoms with van der Waals surface area (Å²) in [6.45, 7) is 5.11. The molecule has 6 heteroatoms. The molecule has 0 fully saturated rings. The summed E-state index contributed by atoms with van der Waals surface area (Å²) in [6.07, 6.45) is 2.19. The van der Waals surface area contributed by atoms with Crippen LogP contribution < -0.4 is 4.90 Å². The van der Waals surface area contributed by atoms with Crippen molar-refractivity contribution in [1.29, 1.82) is 0 Å². The van der Waals surface area contributed by atoms with Crippen LogP contribution in [0, 0.1) is 12.7 Å². The lowest BCUT2D eigenvalue weighted by Gasteiger charge is -2.19. The molecule has 0 amide bonds. The van der Waals surface area contributed by atoms with Gasteiger partial charge in [0.15, 0.2) is 0 Å². The third-order valence-electron chi connectivity index (χ3n) is 4.02. The lowest BCUT2D eigenvalue weighted by molar-refractivity contribution is 0.628. The Morgan fingerprint density at radius 2 is 1.92 bits per heavy atom. The first-order valence-electron chi connectivity index (χ1n) is 7.95. The van der Waals surface area contributed by atoms with Crippen molar-refractivity contribution in [2.45, 2.75) is 26.7 Å². The fourth-order valence-electron chi connectivity index (χ4n) is 2.81. The minimum Gasteiger partial charge on any atom is -0.359 e. The lowest BCUT2D eigenvalue weighted by atomic mass is 10.0. The summed E-state index contributed by atoms with van der Waals surface area (Å²) in [7, 11) is 2.02. The van der Waals surface area contributed by atoms with Crippen LogP contribution in [0.5, 0.6) is 0 Å². The van der Waals surface area contributed by atoms with Crippen molar-refractivity contribution in [1.82, 2.24) is 9.97 Å². The van der Waals surface area contributed by atoms with Crippen molar-refractivity contribution >= 4 is 39.0 Å². The highest BCUT2D eigenvalue weighted by Crippen LogP contribution is 2.42. The summed E-state index contributed by atoms with van der Waals surface area (Å²) in [4.78, 5) is 13.0. The molecule has 0 aliphatic heterocycles. The molecule has 0 saturated carbocycles. The van der Waals surface area contributed by atoms with E-state index in [2.05, 4.69) is 28.7 Å². The Labute approximate surface area is 150 Å². The molecule has 0 unspecified atom stereocenters. The van der Waals surface area contributed by atoms with Gasteiger partial charge in [-0.25, -0.2) is 9.37 Å². The quantitative estimate of drug-likeness (QED) is 0.545. The number of aryl methyl sites for hydroxylation is 1. The Kier molecular flexibility index (Phi) is 5.01. The maximum absolute atomic E-state index is 13.3. The topological polar surface area (TPSA) is 29.0 Å². The van der Waals surface area contributed by atoms with Crippen molar-refractivity contribution in [2.24, 2.45) is 0 Å². The number of rotatable bonds is 5. The van der Waals surface area contributed by atoms with E-state index in [0.29, 0.717) is 0 Å². The van der Waals surface area contributed by atoms with Crippen LogP contribution in [0.25, 0.3) is 21.3 Å². The van der Waals surface area contributed by atoms with Gasteiger partial charge in [-0.1, -0.05) is 25.5 Å². The summed E-state index contributed by atoms with van der Waals surface area (Å²) in [5.74, 6) is 0.595. The van der Waals surface area contributed by atoms with E-state index < -0.39 is 0 Å². The van der Waals surface area contributed by atoms with E-state index in [1.807, 2.05) is 7.05 Å². The molecule has 3 nitrogen and oxygen atoms in total. The predicted octanol–water partition coefficient (Wildman–Crippen LogP) is 5.70. The average Bonchev–Trinajstić information content (AvgIpc) is 2.88. The van der Waals surface area contributed by atoms with Crippen molar-refractivity contribution in [3.63, 3.8) is 0 Å². The van der Waals surface area contributed by atoms with Crippen LogP contribution in [-0.4, -0.2) is 23.6 Å². The zero-order chi connectivity index (χ0) is 17.3. The van der Waals surface area contributed by atoms with Crippen LogP contribution in [0.4, 0.5) is 10.2 Å². The van der Waals surface area contributed by atoms with Crippen LogP contribution >= 0.6 is 22.9 Å². The molecule has 2 aromatic heterocycles. The van der Waals surface area contributed by atoms with Crippen LogP contribution in [0.15, 0.2) is 24.3 Å². The normalized spacial score (nSPS) is 11.2. The molecule has 0 aliphatic carbocycles. The van der Waals surface area contributed by atoms with Crippen molar-refractivity contribution in [2.75, 3.05) is 18.5 Å². The van der Waals surface area contributed by atoms with Gasteiger partial charge in [-0.15, -0.1) is 11.3 Å². The fraction of sp³-hybridized carbons (Fsp3) is 0.333. The maximum Gasteiger partial charge on any atom is 0.225 e. The van der Waals surface area contributed by atoms with Gasteiger partial charge >= 0.3 is 0 Å². The Bertz CT molecular complexity index is 861. The molecule has 0 aliphatic rings. The number of hydrogen-bond donors (Lipinski definition) is 0. The Balaban J connectivity index is 2.22. The zero-order valence-electron chi connectivity index (χ0n) is 13.9. The molecule has 1 aromatic carbocycles. The lowest BCUT2D eigenvalue weighted by Crippen LogP contribution is -2.20. The van der Waals surface area contributed by atoms with E-state index in [-0.39, 0.29) is 11.1 Å². The number of unbranched alkanes of at least 4 members (excludes halogenated alkanes) is 1. The first-order valence-corrected chi connectivity index (χ1v) is 9.14. The second kappa shape index (κ2) is 7.03. The number of anilines is 1. The second-order valence-electron chi connectivity index (χ2n) is 5.81. The Hall–Kier alpha value is -1.72. The minimum absolute atomic E-state index is 0.240. The molecule has 2 heterocycles. The first kappa shape index (κ1) is 17.1. The van der Waals surface area contributed by atoms with Crippen molar-refractivity contribution in [3.05, 3.63) is 40.2 Å². The second-order valence-corrected chi connectivity index (χ2v) is 7.35. The van der Waals surface area contributed by atoms with Gasteiger partial charge < -0.3 is 4.90 Å². The monoisotopic (exact) mass is 363 g/mol. The summed E-state index contributed by atoms with van der Waals surface area (Å²) < 4.78 is 13.3. The predicted molar refractivity (Wildman–Crippen MR) is 101 cm³/mol. The standard InChI is InChI=1S/C18H19ClFN3S/c1-4-5-10-23(3)16-15-14(12-6-8-13(20)9-7-12)11(2)24-17(15)22-18(19)21-16/h6-9H,4-5,10H2,1-3H3. The van der Waals surface area contributed by atoms with Gasteiger partial charge in [0.2, 0.25) is 5.28 Å². The summed E-state index contributed by atoms with van der Waals surface area (Å²) >= 11 is 7.73. The number of hydrogen-bond acceptors (Lipinski definition) is 4. The number of aromatic nitrogens is 2. The molecule has 3 aromatic rings. The highest BCUT2D eigenvalue weighted by Gasteiger charge is 2.20. The third-order valence-corrected chi connectivity index (χ3v) is 5.19. The summed E-state index contributed by atoms with van der Waals surface area (Å²) in [5.41, 5.74) is 2.03. The molecule has 0 saturated heterocycles. The molecule has 0 atom stereocenters. The smallest absolute Gasteiger partial charge is 0.225 e. The van der Waals surface area contributed by atoms with E-state index >= 15 is 0 Å². The van der Waals surface area contributed by atoms with Crippen molar-refractivity contribution in [3.8, 4) is 11.1 Å². The van der Waals surface area contributed by atoms with Crippen LogP contribution in [0.1, 0.15) is 24.6 Å².